The second kappa shape index (κ2) is 7.06. The van der Waals surface area contributed by atoms with E-state index in [1.54, 1.807) is 23.1 Å². The molecule has 0 aliphatic rings. The molecule has 1 aromatic heterocycles. The lowest BCUT2D eigenvalue weighted by atomic mass is 10.1. The standard InChI is InChI=1S/C14H17N3S3/c1-3-19-11-6-4-5-10(13(11)14(15)18)16-7-12-9(2)17-8-20-12/h4-6,8,16H,3,7H2,1-2H3,(H2,15,18). The summed E-state index contributed by atoms with van der Waals surface area (Å²) in [5.41, 5.74) is 10.8. The van der Waals surface area contributed by atoms with Crippen molar-refractivity contribution in [1.82, 2.24) is 4.98 Å². The predicted octanol–water partition coefficient (Wildman–Crippen LogP) is 3.81. The Hall–Kier alpha value is -1.11. The maximum absolute atomic E-state index is 5.89. The largest absolute Gasteiger partial charge is 0.389 e. The lowest BCUT2D eigenvalue weighted by Gasteiger charge is -2.14. The summed E-state index contributed by atoms with van der Waals surface area (Å²) in [5.74, 6) is 0.993. The fourth-order valence-electron chi connectivity index (χ4n) is 1.88. The van der Waals surface area contributed by atoms with Crippen molar-refractivity contribution in [1.29, 1.82) is 0 Å². The third-order valence-corrected chi connectivity index (χ3v) is 4.94. The van der Waals surface area contributed by atoms with E-state index in [0.29, 0.717) is 4.99 Å². The number of nitrogens with zero attached hydrogens (tertiary/aromatic N) is 1. The molecule has 1 aromatic carbocycles. The average Bonchev–Trinajstić information content (AvgIpc) is 2.82. The molecule has 1 heterocycles. The molecule has 3 N–H and O–H groups in total. The number of thiocarbonyl (C=S) groups is 1. The average molecular weight is 324 g/mol. The maximum atomic E-state index is 5.89. The van der Waals surface area contributed by atoms with E-state index in [0.717, 1.165) is 34.1 Å². The topological polar surface area (TPSA) is 50.9 Å². The van der Waals surface area contributed by atoms with E-state index in [-0.39, 0.29) is 0 Å². The van der Waals surface area contributed by atoms with Crippen molar-refractivity contribution >= 4 is 46.0 Å². The molecule has 0 atom stereocenters. The molecular formula is C14H17N3S3. The molecule has 0 fully saturated rings. The summed E-state index contributed by atoms with van der Waals surface area (Å²) < 4.78 is 0. The zero-order chi connectivity index (χ0) is 14.5. The second-order valence-electron chi connectivity index (χ2n) is 4.19. The number of aromatic nitrogens is 1. The lowest BCUT2D eigenvalue weighted by molar-refractivity contribution is 1.12. The molecule has 0 bridgehead atoms. The van der Waals surface area contributed by atoms with Crippen LogP contribution in [-0.2, 0) is 6.54 Å². The van der Waals surface area contributed by atoms with Crippen LogP contribution in [-0.4, -0.2) is 15.7 Å². The first-order valence-electron chi connectivity index (χ1n) is 6.32. The normalized spacial score (nSPS) is 10.5. The third-order valence-electron chi connectivity index (χ3n) is 2.86. The van der Waals surface area contributed by atoms with Crippen LogP contribution in [0.4, 0.5) is 5.69 Å². The Balaban J connectivity index is 2.24. The molecule has 0 aliphatic carbocycles. The number of hydrogen-bond acceptors (Lipinski definition) is 5. The molecule has 0 spiro atoms. The first kappa shape index (κ1) is 15.3. The minimum Gasteiger partial charge on any atom is -0.389 e. The minimum atomic E-state index is 0.435. The van der Waals surface area contributed by atoms with Crippen LogP contribution in [0.2, 0.25) is 0 Å². The van der Waals surface area contributed by atoms with Gasteiger partial charge in [-0.25, -0.2) is 4.98 Å². The van der Waals surface area contributed by atoms with E-state index in [1.165, 1.54) is 4.88 Å². The van der Waals surface area contributed by atoms with Crippen LogP contribution in [0.25, 0.3) is 0 Å². The summed E-state index contributed by atoms with van der Waals surface area (Å²) in [7, 11) is 0. The number of nitrogens with one attached hydrogen (secondary N) is 1. The van der Waals surface area contributed by atoms with Crippen molar-refractivity contribution in [2.75, 3.05) is 11.1 Å². The van der Waals surface area contributed by atoms with Crippen LogP contribution < -0.4 is 11.1 Å². The minimum absolute atomic E-state index is 0.435. The van der Waals surface area contributed by atoms with E-state index >= 15 is 0 Å². The smallest absolute Gasteiger partial charge is 0.107 e. The van der Waals surface area contributed by atoms with Crippen LogP contribution in [0.3, 0.4) is 0 Å². The van der Waals surface area contributed by atoms with E-state index < -0.39 is 0 Å². The number of hydrogen-bond donors (Lipinski definition) is 2. The van der Waals surface area contributed by atoms with Gasteiger partial charge in [0.2, 0.25) is 0 Å². The third kappa shape index (κ3) is 3.50. The van der Waals surface area contributed by atoms with Gasteiger partial charge in [-0.05, 0) is 24.8 Å². The number of aryl methyl sites for hydroxylation is 1. The Bertz CT molecular complexity index is 607. The van der Waals surface area contributed by atoms with Gasteiger partial charge in [-0.2, -0.15) is 0 Å². The highest BCUT2D eigenvalue weighted by molar-refractivity contribution is 7.99. The lowest BCUT2D eigenvalue weighted by Crippen LogP contribution is -2.14. The molecule has 0 aliphatic heterocycles. The number of anilines is 1. The van der Waals surface area contributed by atoms with Crippen molar-refractivity contribution in [2.24, 2.45) is 5.73 Å². The fourth-order valence-corrected chi connectivity index (χ4v) is 3.73. The first-order chi connectivity index (χ1) is 9.63. The van der Waals surface area contributed by atoms with Gasteiger partial charge in [0.15, 0.2) is 0 Å². The summed E-state index contributed by atoms with van der Waals surface area (Å²) >= 11 is 8.61. The first-order valence-corrected chi connectivity index (χ1v) is 8.59. The fraction of sp³-hybridized carbons (Fsp3) is 0.286. The molecule has 106 valence electrons. The zero-order valence-electron chi connectivity index (χ0n) is 11.5. The van der Waals surface area contributed by atoms with Gasteiger partial charge in [0.25, 0.3) is 0 Å². The van der Waals surface area contributed by atoms with Crippen LogP contribution in [0, 0.1) is 6.92 Å². The SMILES string of the molecule is CCSc1cccc(NCc2scnc2C)c1C(N)=S. The van der Waals surface area contributed by atoms with Gasteiger partial charge >= 0.3 is 0 Å². The molecule has 0 saturated heterocycles. The zero-order valence-corrected chi connectivity index (χ0v) is 13.9. The molecular weight excluding hydrogens is 306 g/mol. The van der Waals surface area contributed by atoms with E-state index in [9.17, 15) is 0 Å². The number of benzene rings is 1. The van der Waals surface area contributed by atoms with Crippen LogP contribution in [0.1, 0.15) is 23.1 Å². The number of rotatable bonds is 6. The van der Waals surface area contributed by atoms with Gasteiger partial charge in [-0.15, -0.1) is 23.1 Å². The van der Waals surface area contributed by atoms with Crippen LogP contribution in [0.15, 0.2) is 28.6 Å². The van der Waals surface area contributed by atoms with E-state index in [2.05, 4.69) is 23.3 Å². The highest BCUT2D eigenvalue weighted by Crippen LogP contribution is 2.29. The summed E-state index contributed by atoms with van der Waals surface area (Å²) in [6, 6.07) is 6.11. The Labute approximate surface area is 133 Å². The molecule has 0 radical (unpaired) electrons. The van der Waals surface area contributed by atoms with E-state index in [1.807, 2.05) is 24.6 Å². The molecule has 0 amide bonds. The van der Waals surface area contributed by atoms with Crippen molar-refractivity contribution in [3.05, 3.63) is 39.8 Å². The highest BCUT2D eigenvalue weighted by Gasteiger charge is 2.11. The van der Waals surface area contributed by atoms with Crippen molar-refractivity contribution in [2.45, 2.75) is 25.3 Å². The van der Waals surface area contributed by atoms with Gasteiger partial charge in [-0.1, -0.05) is 25.2 Å². The number of thioether (sulfide) groups is 1. The van der Waals surface area contributed by atoms with Crippen LogP contribution in [0.5, 0.6) is 0 Å². The van der Waals surface area contributed by atoms with Crippen molar-refractivity contribution < 1.29 is 0 Å². The number of nitrogens with two attached hydrogens (primary N) is 1. The Morgan fingerprint density at radius 2 is 2.30 bits per heavy atom. The predicted molar refractivity (Wildman–Crippen MR) is 92.9 cm³/mol. The summed E-state index contributed by atoms with van der Waals surface area (Å²) in [4.78, 5) is 7.05. The summed E-state index contributed by atoms with van der Waals surface area (Å²) in [5, 5.41) is 3.43. The molecule has 2 aromatic rings. The molecule has 0 saturated carbocycles. The van der Waals surface area contributed by atoms with Gasteiger partial charge in [-0.3, -0.25) is 0 Å². The second-order valence-corrected chi connectivity index (χ2v) is 6.88. The Kier molecular flexibility index (Phi) is 5.39. The number of thiazole rings is 1. The monoisotopic (exact) mass is 323 g/mol. The van der Waals surface area contributed by atoms with Gasteiger partial charge < -0.3 is 11.1 Å². The van der Waals surface area contributed by atoms with Gasteiger partial charge in [0.1, 0.15) is 4.99 Å². The molecule has 2 rings (SSSR count). The summed E-state index contributed by atoms with van der Waals surface area (Å²) in [6.07, 6.45) is 0. The Morgan fingerprint density at radius 3 is 2.90 bits per heavy atom. The molecule has 20 heavy (non-hydrogen) atoms. The Morgan fingerprint density at radius 1 is 1.50 bits per heavy atom. The quantitative estimate of drug-likeness (QED) is 0.625. The van der Waals surface area contributed by atoms with Gasteiger partial charge in [0.05, 0.1) is 17.7 Å². The van der Waals surface area contributed by atoms with Crippen molar-refractivity contribution in [3.8, 4) is 0 Å². The van der Waals surface area contributed by atoms with Crippen molar-refractivity contribution in [3.63, 3.8) is 0 Å². The van der Waals surface area contributed by atoms with Gasteiger partial charge in [0, 0.05) is 21.0 Å². The molecule has 6 heteroatoms. The van der Waals surface area contributed by atoms with E-state index in [4.69, 9.17) is 18.0 Å². The molecule has 3 nitrogen and oxygen atoms in total. The maximum Gasteiger partial charge on any atom is 0.107 e. The highest BCUT2D eigenvalue weighted by atomic mass is 32.2. The summed E-state index contributed by atoms with van der Waals surface area (Å²) in [6.45, 7) is 4.88. The van der Waals surface area contributed by atoms with Crippen LogP contribution >= 0.6 is 35.3 Å². The molecule has 0 unspecified atom stereocenters.